The summed E-state index contributed by atoms with van der Waals surface area (Å²) >= 11 is 0. The van der Waals surface area contributed by atoms with Crippen LogP contribution in [0.1, 0.15) is 37.3 Å². The highest BCUT2D eigenvalue weighted by Gasteiger charge is 2.21. The molecule has 0 heterocycles. The summed E-state index contributed by atoms with van der Waals surface area (Å²) in [4.78, 5) is 11.7. The summed E-state index contributed by atoms with van der Waals surface area (Å²) in [5.74, 6) is 0.464. The van der Waals surface area contributed by atoms with Gasteiger partial charge in [-0.15, -0.1) is 0 Å². The number of rotatable bonds is 6. The fraction of sp³-hybridized carbons (Fsp3) is 0.533. The van der Waals surface area contributed by atoms with Crippen LogP contribution in [0.15, 0.2) is 18.2 Å². The van der Waals surface area contributed by atoms with Crippen molar-refractivity contribution in [1.29, 1.82) is 0 Å². The normalized spacial score (nSPS) is 12.0. The molecule has 3 nitrogen and oxygen atoms in total. The number of hydrogen-bond donors (Lipinski definition) is 0. The number of carbonyl (C=O) groups is 1. The number of carbonyl (C=O) groups excluding carboxylic acids is 1. The number of benzene rings is 1. The lowest BCUT2D eigenvalue weighted by Crippen LogP contribution is -2.28. The molecule has 0 aliphatic carbocycles. The first-order chi connectivity index (χ1) is 8.60. The molecule has 100 valence electrons. The van der Waals surface area contributed by atoms with Crippen LogP contribution in [0.3, 0.4) is 0 Å². The SMILES string of the molecule is CCCCC(Oc1cccc(C)c1C)C(=O)OC. The van der Waals surface area contributed by atoms with E-state index in [2.05, 4.69) is 6.92 Å². The summed E-state index contributed by atoms with van der Waals surface area (Å²) in [5, 5.41) is 0. The molecule has 0 fully saturated rings. The smallest absolute Gasteiger partial charge is 0.347 e. The van der Waals surface area contributed by atoms with E-state index in [1.807, 2.05) is 32.0 Å². The monoisotopic (exact) mass is 250 g/mol. The van der Waals surface area contributed by atoms with Crippen molar-refractivity contribution in [2.45, 2.75) is 46.1 Å². The van der Waals surface area contributed by atoms with E-state index in [4.69, 9.17) is 9.47 Å². The molecule has 1 atom stereocenters. The third kappa shape index (κ3) is 3.76. The largest absolute Gasteiger partial charge is 0.478 e. The van der Waals surface area contributed by atoms with Gasteiger partial charge in [-0.25, -0.2) is 4.79 Å². The number of aryl methyl sites for hydroxylation is 1. The summed E-state index contributed by atoms with van der Waals surface area (Å²) in [5.41, 5.74) is 2.23. The standard InChI is InChI=1S/C15H22O3/c1-5-6-9-14(15(16)17-4)18-13-10-7-8-11(2)12(13)3/h7-8,10,14H,5-6,9H2,1-4H3. The summed E-state index contributed by atoms with van der Waals surface area (Å²) in [6.07, 6.45) is 2.17. The van der Waals surface area contributed by atoms with Crippen LogP contribution < -0.4 is 4.74 Å². The first-order valence-electron chi connectivity index (χ1n) is 6.40. The maximum Gasteiger partial charge on any atom is 0.347 e. The van der Waals surface area contributed by atoms with E-state index in [1.54, 1.807) is 0 Å². The molecule has 3 heteroatoms. The van der Waals surface area contributed by atoms with Gasteiger partial charge < -0.3 is 9.47 Å². The molecule has 0 N–H and O–H groups in total. The Morgan fingerprint density at radius 2 is 2.06 bits per heavy atom. The minimum atomic E-state index is -0.504. The minimum Gasteiger partial charge on any atom is -0.478 e. The van der Waals surface area contributed by atoms with Crippen LogP contribution in [0, 0.1) is 13.8 Å². The Kier molecular flexibility index (Phi) is 5.69. The molecule has 0 aliphatic heterocycles. The number of unbranched alkanes of at least 4 members (excludes halogenated alkanes) is 1. The topological polar surface area (TPSA) is 35.5 Å². The van der Waals surface area contributed by atoms with Crippen molar-refractivity contribution in [3.8, 4) is 5.75 Å². The van der Waals surface area contributed by atoms with Crippen molar-refractivity contribution in [3.05, 3.63) is 29.3 Å². The van der Waals surface area contributed by atoms with E-state index < -0.39 is 6.10 Å². The number of esters is 1. The minimum absolute atomic E-state index is 0.302. The van der Waals surface area contributed by atoms with Crippen molar-refractivity contribution in [3.63, 3.8) is 0 Å². The van der Waals surface area contributed by atoms with Crippen LogP contribution in [0.5, 0.6) is 5.75 Å². The quantitative estimate of drug-likeness (QED) is 0.726. The molecule has 0 saturated carbocycles. The van der Waals surface area contributed by atoms with Crippen LogP contribution in [0.25, 0.3) is 0 Å². The lowest BCUT2D eigenvalue weighted by atomic mass is 10.1. The Hall–Kier alpha value is -1.51. The van der Waals surface area contributed by atoms with Crippen molar-refractivity contribution >= 4 is 5.97 Å². The van der Waals surface area contributed by atoms with Crippen LogP contribution in [-0.4, -0.2) is 19.2 Å². The van der Waals surface area contributed by atoms with Crippen LogP contribution in [0.2, 0.25) is 0 Å². The predicted molar refractivity (Wildman–Crippen MR) is 71.9 cm³/mol. The number of methoxy groups -OCH3 is 1. The summed E-state index contributed by atoms with van der Waals surface area (Å²) < 4.78 is 10.6. The zero-order valence-electron chi connectivity index (χ0n) is 11.7. The third-order valence-corrected chi connectivity index (χ3v) is 3.11. The van der Waals surface area contributed by atoms with Gasteiger partial charge in [-0.3, -0.25) is 0 Å². The maximum atomic E-state index is 11.7. The van der Waals surface area contributed by atoms with Gasteiger partial charge in [0.1, 0.15) is 5.75 Å². The summed E-state index contributed by atoms with van der Waals surface area (Å²) in [6, 6.07) is 5.86. The average Bonchev–Trinajstić information content (AvgIpc) is 2.38. The van der Waals surface area contributed by atoms with Gasteiger partial charge in [-0.1, -0.05) is 25.5 Å². The molecule has 0 amide bonds. The fourth-order valence-corrected chi connectivity index (χ4v) is 1.75. The molecule has 1 rings (SSSR count). The van der Waals surface area contributed by atoms with Crippen LogP contribution in [0.4, 0.5) is 0 Å². The van der Waals surface area contributed by atoms with Crippen LogP contribution >= 0.6 is 0 Å². The molecule has 0 aromatic heterocycles. The highest BCUT2D eigenvalue weighted by molar-refractivity contribution is 5.75. The molecule has 18 heavy (non-hydrogen) atoms. The van der Waals surface area contributed by atoms with Gasteiger partial charge in [0.15, 0.2) is 6.10 Å². The first kappa shape index (κ1) is 14.6. The Balaban J connectivity index is 2.81. The van der Waals surface area contributed by atoms with Gasteiger partial charge in [0.25, 0.3) is 0 Å². The van der Waals surface area contributed by atoms with Crippen molar-refractivity contribution < 1.29 is 14.3 Å². The molecule has 0 bridgehead atoms. The van der Waals surface area contributed by atoms with Gasteiger partial charge in [0.05, 0.1) is 7.11 Å². The molecular formula is C15H22O3. The van der Waals surface area contributed by atoms with Crippen molar-refractivity contribution in [1.82, 2.24) is 0 Å². The maximum absolute atomic E-state index is 11.7. The molecule has 0 radical (unpaired) electrons. The van der Waals surface area contributed by atoms with E-state index in [9.17, 15) is 4.79 Å². The molecular weight excluding hydrogens is 228 g/mol. The Morgan fingerprint density at radius 1 is 1.33 bits per heavy atom. The lowest BCUT2D eigenvalue weighted by Gasteiger charge is -2.18. The highest BCUT2D eigenvalue weighted by Crippen LogP contribution is 2.23. The second kappa shape index (κ2) is 7.04. The molecule has 0 spiro atoms. The fourth-order valence-electron chi connectivity index (χ4n) is 1.75. The van der Waals surface area contributed by atoms with Gasteiger partial charge in [-0.05, 0) is 43.9 Å². The molecule has 0 saturated heterocycles. The Bertz CT molecular complexity index is 399. The van der Waals surface area contributed by atoms with Crippen molar-refractivity contribution in [2.75, 3.05) is 7.11 Å². The van der Waals surface area contributed by atoms with Gasteiger partial charge in [-0.2, -0.15) is 0 Å². The molecule has 1 aromatic rings. The summed E-state index contributed by atoms with van der Waals surface area (Å²) in [6.45, 7) is 6.12. The van der Waals surface area contributed by atoms with Crippen molar-refractivity contribution in [2.24, 2.45) is 0 Å². The zero-order valence-corrected chi connectivity index (χ0v) is 11.7. The molecule has 1 unspecified atom stereocenters. The second-order valence-electron chi connectivity index (χ2n) is 4.47. The molecule has 0 aliphatic rings. The third-order valence-electron chi connectivity index (χ3n) is 3.11. The Labute approximate surface area is 109 Å². The van der Waals surface area contributed by atoms with E-state index in [-0.39, 0.29) is 5.97 Å². The van der Waals surface area contributed by atoms with E-state index in [1.165, 1.54) is 7.11 Å². The van der Waals surface area contributed by atoms with E-state index >= 15 is 0 Å². The highest BCUT2D eigenvalue weighted by atomic mass is 16.6. The van der Waals surface area contributed by atoms with Gasteiger partial charge in [0, 0.05) is 0 Å². The summed E-state index contributed by atoms with van der Waals surface area (Å²) in [7, 11) is 1.40. The van der Waals surface area contributed by atoms with Gasteiger partial charge in [0.2, 0.25) is 0 Å². The second-order valence-corrected chi connectivity index (χ2v) is 4.47. The first-order valence-corrected chi connectivity index (χ1v) is 6.40. The van der Waals surface area contributed by atoms with Gasteiger partial charge >= 0.3 is 5.97 Å². The van der Waals surface area contributed by atoms with E-state index in [0.29, 0.717) is 6.42 Å². The number of hydrogen-bond acceptors (Lipinski definition) is 3. The molecule has 1 aromatic carbocycles. The van der Waals surface area contributed by atoms with Crippen LogP contribution in [-0.2, 0) is 9.53 Å². The van der Waals surface area contributed by atoms with E-state index in [0.717, 1.165) is 29.7 Å². The average molecular weight is 250 g/mol. The number of ether oxygens (including phenoxy) is 2. The predicted octanol–water partition coefficient (Wildman–Crippen LogP) is 3.41. The zero-order chi connectivity index (χ0) is 13.5. The Morgan fingerprint density at radius 3 is 2.67 bits per heavy atom. The lowest BCUT2D eigenvalue weighted by molar-refractivity contribution is -0.149.